The van der Waals surface area contributed by atoms with Crippen molar-refractivity contribution in [1.29, 1.82) is 5.26 Å². The van der Waals surface area contributed by atoms with E-state index < -0.39 is 0 Å². The van der Waals surface area contributed by atoms with Crippen molar-refractivity contribution in [2.45, 2.75) is 35.9 Å². The fraction of sp³-hybridized carbons (Fsp3) is 0.471. The predicted octanol–water partition coefficient (Wildman–Crippen LogP) is 2.49. The van der Waals surface area contributed by atoms with Gasteiger partial charge >= 0.3 is 0 Å². The molecular formula is C17H19N7S. The van der Waals surface area contributed by atoms with E-state index in [0.717, 1.165) is 43.1 Å². The summed E-state index contributed by atoms with van der Waals surface area (Å²) in [6.45, 7) is 4.01. The van der Waals surface area contributed by atoms with Crippen molar-refractivity contribution in [2.75, 3.05) is 36.0 Å². The largest absolute Gasteiger partial charge is 0.341 e. The zero-order chi connectivity index (χ0) is 17.1. The lowest BCUT2D eigenvalue weighted by atomic mass is 10.3. The number of hydrogen-bond acceptors (Lipinski definition) is 8. The molecule has 0 atom stereocenters. The minimum Gasteiger partial charge on any atom is -0.341 e. The summed E-state index contributed by atoms with van der Waals surface area (Å²) in [6, 6.07) is 5.68. The standard InChI is InChI=1S/C17H19N7S/c18-11-13-5-6-14(19-12-13)25-17-21-15(23-7-1-2-8-23)20-16(22-17)24-9-3-4-10-24/h5-6,12H,1-4,7-10H2. The average molecular weight is 353 g/mol. The first-order chi connectivity index (χ1) is 12.3. The molecule has 4 rings (SSSR count). The van der Waals surface area contributed by atoms with Gasteiger partial charge in [0, 0.05) is 32.4 Å². The molecule has 0 radical (unpaired) electrons. The molecule has 0 N–H and O–H groups in total. The highest BCUT2D eigenvalue weighted by molar-refractivity contribution is 7.99. The van der Waals surface area contributed by atoms with Crippen molar-refractivity contribution in [2.24, 2.45) is 0 Å². The highest BCUT2D eigenvalue weighted by atomic mass is 32.2. The van der Waals surface area contributed by atoms with Crippen LogP contribution >= 0.6 is 11.8 Å². The molecule has 2 fully saturated rings. The molecule has 0 bridgehead atoms. The molecule has 0 amide bonds. The first-order valence-corrected chi connectivity index (χ1v) is 9.43. The average Bonchev–Trinajstić information content (AvgIpc) is 3.36. The Morgan fingerprint density at radius 1 is 0.880 bits per heavy atom. The second-order valence-corrected chi connectivity index (χ2v) is 7.19. The van der Waals surface area contributed by atoms with Crippen molar-refractivity contribution in [1.82, 2.24) is 19.9 Å². The Labute approximate surface area is 151 Å². The molecule has 25 heavy (non-hydrogen) atoms. The van der Waals surface area contributed by atoms with Gasteiger partial charge in [-0.25, -0.2) is 4.98 Å². The van der Waals surface area contributed by atoms with Crippen LogP contribution in [-0.2, 0) is 0 Å². The second kappa shape index (κ2) is 7.23. The van der Waals surface area contributed by atoms with Gasteiger partial charge in [-0.05, 0) is 49.6 Å². The van der Waals surface area contributed by atoms with Gasteiger partial charge in [-0.2, -0.15) is 20.2 Å². The van der Waals surface area contributed by atoms with Crippen LogP contribution in [0, 0.1) is 11.3 Å². The molecular weight excluding hydrogens is 334 g/mol. The highest BCUT2D eigenvalue weighted by Gasteiger charge is 2.22. The first-order valence-electron chi connectivity index (χ1n) is 8.62. The second-order valence-electron chi connectivity index (χ2n) is 6.21. The molecule has 0 aromatic carbocycles. The number of nitriles is 1. The summed E-state index contributed by atoms with van der Waals surface area (Å²) in [6.07, 6.45) is 6.32. The third-order valence-corrected chi connectivity index (χ3v) is 5.25. The third kappa shape index (κ3) is 3.66. The fourth-order valence-electron chi connectivity index (χ4n) is 3.10. The molecule has 8 heteroatoms. The Hall–Kier alpha value is -2.40. The van der Waals surface area contributed by atoms with Crippen molar-refractivity contribution < 1.29 is 0 Å². The van der Waals surface area contributed by atoms with Crippen LogP contribution in [0.4, 0.5) is 11.9 Å². The molecule has 2 aliphatic rings. The van der Waals surface area contributed by atoms with Crippen LogP contribution in [0.1, 0.15) is 31.2 Å². The van der Waals surface area contributed by atoms with Gasteiger partial charge < -0.3 is 9.80 Å². The summed E-state index contributed by atoms with van der Waals surface area (Å²) in [5, 5.41) is 10.3. The van der Waals surface area contributed by atoms with Gasteiger partial charge in [0.15, 0.2) is 0 Å². The summed E-state index contributed by atoms with van der Waals surface area (Å²) in [5.41, 5.74) is 0.551. The Morgan fingerprint density at radius 2 is 1.48 bits per heavy atom. The van der Waals surface area contributed by atoms with Crippen molar-refractivity contribution in [3.8, 4) is 6.07 Å². The van der Waals surface area contributed by atoms with Crippen molar-refractivity contribution in [3.05, 3.63) is 23.9 Å². The topological polar surface area (TPSA) is 81.8 Å². The summed E-state index contributed by atoms with van der Waals surface area (Å²) in [7, 11) is 0. The van der Waals surface area contributed by atoms with Gasteiger partial charge in [0.05, 0.1) is 5.56 Å². The molecule has 0 saturated carbocycles. The smallest absolute Gasteiger partial charge is 0.231 e. The van der Waals surface area contributed by atoms with Gasteiger partial charge in [-0.1, -0.05) is 0 Å². The Kier molecular flexibility index (Phi) is 4.65. The molecule has 4 heterocycles. The van der Waals surface area contributed by atoms with E-state index in [0.29, 0.717) is 10.7 Å². The van der Waals surface area contributed by atoms with Crippen LogP contribution in [-0.4, -0.2) is 46.1 Å². The van der Waals surface area contributed by atoms with Crippen LogP contribution in [0.2, 0.25) is 0 Å². The maximum Gasteiger partial charge on any atom is 0.231 e. The number of nitrogens with zero attached hydrogens (tertiary/aromatic N) is 7. The highest BCUT2D eigenvalue weighted by Crippen LogP contribution is 2.28. The zero-order valence-corrected chi connectivity index (χ0v) is 14.7. The van der Waals surface area contributed by atoms with Crippen LogP contribution in [0.25, 0.3) is 0 Å². The van der Waals surface area contributed by atoms with Gasteiger partial charge in [-0.15, -0.1) is 0 Å². The van der Waals surface area contributed by atoms with Crippen LogP contribution in [0.15, 0.2) is 28.5 Å². The third-order valence-electron chi connectivity index (χ3n) is 4.43. The molecule has 128 valence electrons. The summed E-state index contributed by atoms with van der Waals surface area (Å²) in [4.78, 5) is 22.8. The van der Waals surface area contributed by atoms with E-state index in [1.54, 1.807) is 12.3 Å². The Balaban J connectivity index is 1.63. The van der Waals surface area contributed by atoms with E-state index >= 15 is 0 Å². The minimum atomic E-state index is 0.551. The van der Waals surface area contributed by atoms with E-state index in [2.05, 4.69) is 30.8 Å². The minimum absolute atomic E-state index is 0.551. The maximum absolute atomic E-state index is 8.89. The van der Waals surface area contributed by atoms with E-state index in [4.69, 9.17) is 10.2 Å². The number of pyridine rings is 1. The lowest BCUT2D eigenvalue weighted by Crippen LogP contribution is -2.25. The summed E-state index contributed by atoms with van der Waals surface area (Å²) < 4.78 is 0. The zero-order valence-electron chi connectivity index (χ0n) is 13.9. The van der Waals surface area contributed by atoms with Gasteiger partial charge in [-0.3, -0.25) is 0 Å². The molecule has 2 saturated heterocycles. The lowest BCUT2D eigenvalue weighted by molar-refractivity contribution is 0.790. The molecule has 0 unspecified atom stereocenters. The number of anilines is 2. The van der Waals surface area contributed by atoms with Crippen molar-refractivity contribution in [3.63, 3.8) is 0 Å². The Morgan fingerprint density at radius 3 is 1.96 bits per heavy atom. The van der Waals surface area contributed by atoms with Gasteiger partial charge in [0.1, 0.15) is 11.1 Å². The number of hydrogen-bond donors (Lipinski definition) is 0. The van der Waals surface area contributed by atoms with E-state index in [9.17, 15) is 0 Å². The van der Waals surface area contributed by atoms with E-state index in [1.165, 1.54) is 37.4 Å². The molecule has 2 aromatic rings. The van der Waals surface area contributed by atoms with E-state index in [-0.39, 0.29) is 0 Å². The predicted molar refractivity (Wildman–Crippen MR) is 95.8 cm³/mol. The van der Waals surface area contributed by atoms with Crippen LogP contribution < -0.4 is 9.80 Å². The van der Waals surface area contributed by atoms with Crippen LogP contribution in [0.5, 0.6) is 0 Å². The fourth-order valence-corrected chi connectivity index (χ4v) is 3.78. The lowest BCUT2D eigenvalue weighted by Gasteiger charge is -2.20. The summed E-state index contributed by atoms with van der Waals surface area (Å²) in [5.74, 6) is 1.54. The molecule has 0 spiro atoms. The number of rotatable bonds is 4. The van der Waals surface area contributed by atoms with Gasteiger partial charge in [0.25, 0.3) is 0 Å². The SMILES string of the molecule is N#Cc1ccc(Sc2nc(N3CCCC3)nc(N3CCCC3)n2)nc1. The van der Waals surface area contributed by atoms with E-state index in [1.807, 2.05) is 6.07 Å². The molecule has 0 aliphatic carbocycles. The molecule has 2 aliphatic heterocycles. The quantitative estimate of drug-likeness (QED) is 0.829. The Bertz CT molecular complexity index is 740. The number of aromatic nitrogens is 4. The monoisotopic (exact) mass is 353 g/mol. The molecule has 7 nitrogen and oxygen atoms in total. The molecule has 2 aromatic heterocycles. The maximum atomic E-state index is 8.89. The van der Waals surface area contributed by atoms with Gasteiger partial charge in [0.2, 0.25) is 17.1 Å². The van der Waals surface area contributed by atoms with Crippen molar-refractivity contribution >= 4 is 23.7 Å². The summed E-state index contributed by atoms with van der Waals surface area (Å²) >= 11 is 1.42. The van der Waals surface area contributed by atoms with Crippen LogP contribution in [0.3, 0.4) is 0 Å². The normalized spacial score (nSPS) is 17.1. The first kappa shape index (κ1) is 16.1.